The molecule has 0 aromatic rings. The van der Waals surface area contributed by atoms with E-state index in [4.69, 9.17) is 14.2 Å². The zero-order chi connectivity index (χ0) is 36.2. The van der Waals surface area contributed by atoms with Gasteiger partial charge in [-0.05, 0) is 147 Å². The minimum atomic E-state index is -0.215. The Kier molecular flexibility index (Phi) is 16.8. The Bertz CT molecular complexity index is 987. The molecule has 9 nitrogen and oxygen atoms in total. The van der Waals surface area contributed by atoms with E-state index in [0.29, 0.717) is 5.92 Å². The van der Waals surface area contributed by atoms with E-state index in [9.17, 15) is 14.4 Å². The Labute approximate surface area is 304 Å². The van der Waals surface area contributed by atoms with Crippen molar-refractivity contribution in [2.24, 2.45) is 41.4 Å². The first-order valence-corrected chi connectivity index (χ1v) is 20.6. The summed E-state index contributed by atoms with van der Waals surface area (Å²) in [5, 5.41) is 8.90. The van der Waals surface area contributed by atoms with Gasteiger partial charge in [0.1, 0.15) is 18.3 Å². The van der Waals surface area contributed by atoms with E-state index in [-0.39, 0.29) is 54.2 Å². The van der Waals surface area contributed by atoms with Gasteiger partial charge in [-0.2, -0.15) is 0 Å². The van der Waals surface area contributed by atoms with Crippen LogP contribution in [0.2, 0.25) is 0 Å². The van der Waals surface area contributed by atoms with Crippen LogP contribution in [0.5, 0.6) is 0 Å². The van der Waals surface area contributed by atoms with Crippen LogP contribution in [-0.4, -0.2) is 74.0 Å². The van der Waals surface area contributed by atoms with Gasteiger partial charge in [0, 0.05) is 18.1 Å². The van der Waals surface area contributed by atoms with Gasteiger partial charge >= 0.3 is 0 Å². The summed E-state index contributed by atoms with van der Waals surface area (Å²) in [7, 11) is 0. The predicted molar refractivity (Wildman–Crippen MR) is 198 cm³/mol. The van der Waals surface area contributed by atoms with Crippen LogP contribution in [0.15, 0.2) is 0 Å². The molecule has 6 rings (SSSR count). The fraction of sp³-hybridized carbons (Fsp3) is 0.927. The quantitative estimate of drug-likeness (QED) is 0.119. The van der Waals surface area contributed by atoms with E-state index >= 15 is 0 Å². The van der Waals surface area contributed by atoms with Crippen LogP contribution in [0, 0.1) is 41.4 Å². The largest absolute Gasteiger partial charge is 0.368 e. The molecule has 9 heteroatoms. The Morgan fingerprint density at radius 1 is 0.500 bits per heavy atom. The molecule has 0 bridgehead atoms. The predicted octanol–water partition coefficient (Wildman–Crippen LogP) is 6.96. The highest BCUT2D eigenvalue weighted by molar-refractivity contribution is 5.81. The lowest BCUT2D eigenvalue weighted by Crippen LogP contribution is -2.42. The summed E-state index contributed by atoms with van der Waals surface area (Å²) in [4.78, 5) is 36.0. The molecule has 6 fully saturated rings. The second kappa shape index (κ2) is 20.5. The van der Waals surface area contributed by atoms with Crippen molar-refractivity contribution in [2.75, 3.05) is 19.8 Å². The molecule has 6 aliphatic rings. The third-order valence-electron chi connectivity index (χ3n) is 10.7. The zero-order valence-corrected chi connectivity index (χ0v) is 32.7. The zero-order valence-electron chi connectivity index (χ0n) is 32.7. The topological polar surface area (TPSA) is 115 Å². The van der Waals surface area contributed by atoms with Crippen LogP contribution in [0.1, 0.15) is 145 Å². The average Bonchev–Trinajstić information content (AvgIpc) is 3.82. The van der Waals surface area contributed by atoms with Gasteiger partial charge in [0.25, 0.3) is 0 Å². The van der Waals surface area contributed by atoms with Crippen LogP contribution in [0.4, 0.5) is 0 Å². The molecule has 288 valence electrons. The molecule has 50 heavy (non-hydrogen) atoms. The molecule has 0 aliphatic heterocycles. The highest BCUT2D eigenvalue weighted by Crippen LogP contribution is 2.42. The summed E-state index contributed by atoms with van der Waals surface area (Å²) in [6.07, 6.45) is 17.5. The van der Waals surface area contributed by atoms with Gasteiger partial charge in [-0.3, -0.25) is 14.4 Å². The fourth-order valence-electron chi connectivity index (χ4n) is 6.18. The van der Waals surface area contributed by atoms with E-state index in [1.165, 1.54) is 77.0 Å². The second-order valence-corrected chi connectivity index (χ2v) is 17.7. The van der Waals surface area contributed by atoms with Gasteiger partial charge in [0.2, 0.25) is 17.7 Å². The number of hydrogen-bond donors (Lipinski definition) is 3. The van der Waals surface area contributed by atoms with E-state index in [1.807, 2.05) is 41.5 Å². The van der Waals surface area contributed by atoms with Crippen LogP contribution in [-0.2, 0) is 28.6 Å². The summed E-state index contributed by atoms with van der Waals surface area (Å²) in [5.74, 6) is 5.39. The first-order chi connectivity index (χ1) is 23.9. The van der Waals surface area contributed by atoms with Gasteiger partial charge in [0.15, 0.2) is 0 Å². The molecule has 5 unspecified atom stereocenters. The number of nitrogens with one attached hydrogen (secondary N) is 3. The summed E-state index contributed by atoms with van der Waals surface area (Å²) < 4.78 is 17.4. The number of carbonyl (C=O) groups is 3. The Balaban J connectivity index is 0.000000169. The molecule has 6 aliphatic carbocycles. The lowest BCUT2D eigenvalue weighted by molar-refractivity contribution is -0.135. The molecule has 0 spiro atoms. The summed E-state index contributed by atoms with van der Waals surface area (Å²) in [5.41, 5.74) is 0. The Hall–Kier alpha value is -1.71. The summed E-state index contributed by atoms with van der Waals surface area (Å²) >= 11 is 0. The van der Waals surface area contributed by atoms with Crippen molar-refractivity contribution in [1.82, 2.24) is 16.0 Å². The molecule has 0 heterocycles. The normalized spacial score (nSPS) is 24.6. The van der Waals surface area contributed by atoms with Crippen molar-refractivity contribution in [3.8, 4) is 0 Å². The molecular weight excluding hydrogens is 630 g/mol. The van der Waals surface area contributed by atoms with Crippen molar-refractivity contribution < 1.29 is 28.6 Å². The van der Waals surface area contributed by atoms with E-state index in [2.05, 4.69) is 22.9 Å². The Morgan fingerprint density at radius 2 is 0.800 bits per heavy atom. The fourth-order valence-corrected chi connectivity index (χ4v) is 6.18. The molecule has 0 aromatic carbocycles. The summed E-state index contributed by atoms with van der Waals surface area (Å²) in [6, 6.07) is 0.612. The van der Waals surface area contributed by atoms with Crippen molar-refractivity contribution in [3.05, 3.63) is 0 Å². The maximum atomic E-state index is 12.0. The Morgan fingerprint density at radius 3 is 1.04 bits per heavy atom. The van der Waals surface area contributed by atoms with Crippen LogP contribution in [0.25, 0.3) is 0 Å². The average molecular weight is 704 g/mol. The first-order valence-electron chi connectivity index (χ1n) is 20.6. The summed E-state index contributed by atoms with van der Waals surface area (Å²) in [6.45, 7) is 16.6. The second-order valence-electron chi connectivity index (χ2n) is 17.7. The monoisotopic (exact) mass is 704 g/mol. The number of rotatable bonds is 21. The van der Waals surface area contributed by atoms with Crippen LogP contribution >= 0.6 is 0 Å². The maximum Gasteiger partial charge on any atom is 0.249 e. The number of amides is 3. The van der Waals surface area contributed by atoms with Gasteiger partial charge in [0.05, 0.1) is 19.8 Å². The maximum absolute atomic E-state index is 12.0. The highest BCUT2D eigenvalue weighted by Gasteiger charge is 2.38. The SMILES string of the molecule is CC(C)NC(=O)C(CC1CC1)OCC1CC1.CC(C)NC(=O)C(CC1CC1C)OCC1CC1.CC(C)NC(=O)C(CC1CCC1)OCC1CC1. The number of carbonyl (C=O) groups excluding carboxylic acids is 3. The van der Waals surface area contributed by atoms with Crippen LogP contribution < -0.4 is 16.0 Å². The van der Waals surface area contributed by atoms with E-state index in [1.54, 1.807) is 0 Å². The van der Waals surface area contributed by atoms with Gasteiger partial charge in [-0.1, -0.05) is 39.0 Å². The van der Waals surface area contributed by atoms with E-state index in [0.717, 1.165) is 74.6 Å². The van der Waals surface area contributed by atoms with Gasteiger partial charge < -0.3 is 30.2 Å². The van der Waals surface area contributed by atoms with Crippen molar-refractivity contribution in [2.45, 2.75) is 181 Å². The standard InChI is InChI=1S/2C14H25NO2.C13H23NO2/c1-9(2)15-14(16)13(7-12-6-10(12)3)17-8-11-4-5-11;1-10(2)15-14(16)13(8-11-4-3-5-11)17-9-12-6-7-12;1-9(2)14-13(15)12(7-10-3-4-10)16-8-11-5-6-11/h9-13H,4-8H2,1-3H3,(H,15,16);10-13H,3-9H2,1-2H3,(H,15,16);9-12H,3-8H2,1-2H3,(H,14,15). The number of hydrogen-bond acceptors (Lipinski definition) is 6. The van der Waals surface area contributed by atoms with Crippen molar-refractivity contribution in [3.63, 3.8) is 0 Å². The minimum Gasteiger partial charge on any atom is -0.368 e. The highest BCUT2D eigenvalue weighted by atomic mass is 16.5. The number of ether oxygens (including phenoxy) is 3. The molecular formula is C41H73N3O6. The van der Waals surface area contributed by atoms with Crippen molar-refractivity contribution in [1.29, 1.82) is 0 Å². The third-order valence-corrected chi connectivity index (χ3v) is 10.7. The third kappa shape index (κ3) is 17.7. The smallest absolute Gasteiger partial charge is 0.249 e. The molecule has 6 saturated carbocycles. The first kappa shape index (κ1) is 41.1. The molecule has 3 N–H and O–H groups in total. The lowest BCUT2D eigenvalue weighted by Gasteiger charge is -2.29. The molecule has 5 atom stereocenters. The van der Waals surface area contributed by atoms with Gasteiger partial charge in [-0.25, -0.2) is 0 Å². The van der Waals surface area contributed by atoms with Crippen LogP contribution in [0.3, 0.4) is 0 Å². The lowest BCUT2D eigenvalue weighted by atomic mass is 9.81. The molecule has 0 aromatic heterocycles. The molecule has 0 saturated heterocycles. The van der Waals surface area contributed by atoms with E-state index < -0.39 is 0 Å². The van der Waals surface area contributed by atoms with Crippen molar-refractivity contribution >= 4 is 17.7 Å². The molecule has 0 radical (unpaired) electrons. The van der Waals surface area contributed by atoms with Gasteiger partial charge in [-0.15, -0.1) is 0 Å². The minimum absolute atomic E-state index is 0.0831. The molecule has 3 amide bonds.